The summed E-state index contributed by atoms with van der Waals surface area (Å²) in [6.07, 6.45) is 9.61. The minimum Gasteiger partial charge on any atom is -0.353 e. The van der Waals surface area contributed by atoms with Gasteiger partial charge in [-0.15, -0.1) is 11.8 Å². The van der Waals surface area contributed by atoms with Gasteiger partial charge >= 0.3 is 0 Å². The SMILES string of the molecule is O=C(CSc1ccncc1)NC1CCCCC1. The average molecular weight is 250 g/mol. The summed E-state index contributed by atoms with van der Waals surface area (Å²) in [5.41, 5.74) is 0. The second-order valence-electron chi connectivity index (χ2n) is 4.37. The van der Waals surface area contributed by atoms with E-state index in [1.807, 2.05) is 12.1 Å². The Bertz CT molecular complexity index is 350. The monoisotopic (exact) mass is 250 g/mol. The fourth-order valence-corrected chi connectivity index (χ4v) is 2.79. The van der Waals surface area contributed by atoms with Crippen molar-refractivity contribution < 1.29 is 4.79 Å². The van der Waals surface area contributed by atoms with E-state index in [1.165, 1.54) is 19.3 Å². The van der Waals surface area contributed by atoms with Gasteiger partial charge in [-0.1, -0.05) is 19.3 Å². The van der Waals surface area contributed by atoms with Crippen LogP contribution in [0.3, 0.4) is 0 Å². The van der Waals surface area contributed by atoms with Gasteiger partial charge in [-0.25, -0.2) is 0 Å². The highest BCUT2D eigenvalue weighted by molar-refractivity contribution is 8.00. The lowest BCUT2D eigenvalue weighted by molar-refractivity contribution is -0.119. The van der Waals surface area contributed by atoms with Crippen LogP contribution in [-0.2, 0) is 4.79 Å². The summed E-state index contributed by atoms with van der Waals surface area (Å²) < 4.78 is 0. The first kappa shape index (κ1) is 12.4. The lowest BCUT2D eigenvalue weighted by atomic mass is 9.95. The van der Waals surface area contributed by atoms with E-state index < -0.39 is 0 Å². The number of hydrogen-bond donors (Lipinski definition) is 1. The number of carbonyl (C=O) groups excluding carboxylic acids is 1. The number of carbonyl (C=O) groups is 1. The van der Waals surface area contributed by atoms with Gasteiger partial charge in [-0.2, -0.15) is 0 Å². The third-order valence-corrected chi connectivity index (χ3v) is 4.00. The van der Waals surface area contributed by atoms with Crippen LogP contribution in [0.25, 0.3) is 0 Å². The first-order chi connectivity index (χ1) is 8.34. The van der Waals surface area contributed by atoms with Crippen LogP contribution in [0.1, 0.15) is 32.1 Å². The lowest BCUT2D eigenvalue weighted by Crippen LogP contribution is -2.37. The van der Waals surface area contributed by atoms with E-state index in [1.54, 1.807) is 24.2 Å². The van der Waals surface area contributed by atoms with Crippen LogP contribution >= 0.6 is 11.8 Å². The normalized spacial score (nSPS) is 16.7. The molecule has 1 aliphatic rings. The van der Waals surface area contributed by atoms with Crippen molar-refractivity contribution in [3.8, 4) is 0 Å². The molecular weight excluding hydrogens is 232 g/mol. The van der Waals surface area contributed by atoms with Crippen molar-refractivity contribution >= 4 is 17.7 Å². The predicted molar refractivity (Wildman–Crippen MR) is 70.0 cm³/mol. The van der Waals surface area contributed by atoms with Crippen LogP contribution in [0.2, 0.25) is 0 Å². The topological polar surface area (TPSA) is 42.0 Å². The summed E-state index contributed by atoms with van der Waals surface area (Å²) >= 11 is 1.57. The molecule has 1 aromatic heterocycles. The molecule has 0 atom stereocenters. The number of amides is 1. The molecule has 0 saturated heterocycles. The molecule has 1 fully saturated rings. The van der Waals surface area contributed by atoms with Gasteiger partial charge in [0.15, 0.2) is 0 Å². The zero-order valence-electron chi connectivity index (χ0n) is 9.89. The zero-order valence-corrected chi connectivity index (χ0v) is 10.7. The zero-order chi connectivity index (χ0) is 11.9. The summed E-state index contributed by atoms with van der Waals surface area (Å²) in [5, 5.41) is 3.11. The predicted octanol–water partition coefficient (Wildman–Crippen LogP) is 2.62. The smallest absolute Gasteiger partial charge is 0.230 e. The molecule has 0 bridgehead atoms. The molecule has 0 radical (unpaired) electrons. The maximum absolute atomic E-state index is 11.7. The maximum atomic E-state index is 11.7. The molecule has 17 heavy (non-hydrogen) atoms. The van der Waals surface area contributed by atoms with Crippen LogP contribution < -0.4 is 5.32 Å². The van der Waals surface area contributed by atoms with Crippen LogP contribution in [0, 0.1) is 0 Å². The van der Waals surface area contributed by atoms with E-state index in [-0.39, 0.29) is 5.91 Å². The first-order valence-electron chi connectivity index (χ1n) is 6.17. The van der Waals surface area contributed by atoms with Crippen molar-refractivity contribution in [1.82, 2.24) is 10.3 Å². The van der Waals surface area contributed by atoms with Crippen molar-refractivity contribution in [2.75, 3.05) is 5.75 Å². The Balaban J connectivity index is 1.70. The second kappa shape index (κ2) is 6.64. The van der Waals surface area contributed by atoms with E-state index >= 15 is 0 Å². The molecule has 0 aliphatic heterocycles. The fourth-order valence-electron chi connectivity index (χ4n) is 2.10. The van der Waals surface area contributed by atoms with Gasteiger partial charge in [-0.3, -0.25) is 9.78 Å². The Kier molecular flexibility index (Phi) is 4.86. The number of nitrogens with one attached hydrogen (secondary N) is 1. The highest BCUT2D eigenvalue weighted by Gasteiger charge is 2.15. The van der Waals surface area contributed by atoms with Crippen LogP contribution in [0.15, 0.2) is 29.4 Å². The molecule has 4 heteroatoms. The molecule has 1 heterocycles. The maximum Gasteiger partial charge on any atom is 0.230 e. The molecule has 0 aromatic carbocycles. The standard InChI is InChI=1S/C13H18N2OS/c16-13(15-11-4-2-1-3-5-11)10-17-12-6-8-14-9-7-12/h6-9,11H,1-5,10H2,(H,15,16). The second-order valence-corrected chi connectivity index (χ2v) is 5.42. The Hall–Kier alpha value is -1.03. The number of nitrogens with zero attached hydrogens (tertiary/aromatic N) is 1. The molecule has 0 spiro atoms. The molecule has 1 aliphatic carbocycles. The Labute approximate surface area is 106 Å². The summed E-state index contributed by atoms with van der Waals surface area (Å²) in [6, 6.07) is 4.27. The van der Waals surface area contributed by atoms with E-state index in [4.69, 9.17) is 0 Å². The fraction of sp³-hybridized carbons (Fsp3) is 0.538. The largest absolute Gasteiger partial charge is 0.353 e. The molecule has 1 amide bonds. The molecule has 1 aromatic rings. The number of pyridine rings is 1. The minimum absolute atomic E-state index is 0.152. The average Bonchev–Trinajstić information content (AvgIpc) is 2.39. The molecular formula is C13H18N2OS. The number of thioether (sulfide) groups is 1. The summed E-state index contributed by atoms with van der Waals surface area (Å²) in [5.74, 6) is 0.652. The lowest BCUT2D eigenvalue weighted by Gasteiger charge is -2.22. The van der Waals surface area contributed by atoms with Gasteiger partial charge in [0.2, 0.25) is 5.91 Å². The molecule has 2 rings (SSSR count). The molecule has 0 unspecified atom stereocenters. The Morgan fingerprint density at radius 1 is 1.29 bits per heavy atom. The quantitative estimate of drug-likeness (QED) is 0.835. The number of hydrogen-bond acceptors (Lipinski definition) is 3. The van der Waals surface area contributed by atoms with E-state index in [2.05, 4.69) is 10.3 Å². The summed E-state index contributed by atoms with van der Waals surface area (Å²) in [7, 11) is 0. The summed E-state index contributed by atoms with van der Waals surface area (Å²) in [6.45, 7) is 0. The van der Waals surface area contributed by atoms with Crippen LogP contribution in [0.4, 0.5) is 0 Å². The van der Waals surface area contributed by atoms with Crippen molar-refractivity contribution in [2.24, 2.45) is 0 Å². The molecule has 1 N–H and O–H groups in total. The summed E-state index contributed by atoms with van der Waals surface area (Å²) in [4.78, 5) is 16.8. The van der Waals surface area contributed by atoms with Gasteiger partial charge in [-0.05, 0) is 25.0 Å². The van der Waals surface area contributed by atoms with Gasteiger partial charge in [0.05, 0.1) is 5.75 Å². The van der Waals surface area contributed by atoms with E-state index in [0.717, 1.165) is 17.7 Å². The van der Waals surface area contributed by atoms with Gasteiger partial charge in [0.1, 0.15) is 0 Å². The van der Waals surface area contributed by atoms with E-state index in [0.29, 0.717) is 11.8 Å². The van der Waals surface area contributed by atoms with Gasteiger partial charge < -0.3 is 5.32 Å². The number of aromatic nitrogens is 1. The Morgan fingerprint density at radius 3 is 2.71 bits per heavy atom. The van der Waals surface area contributed by atoms with Crippen LogP contribution in [-0.4, -0.2) is 22.7 Å². The van der Waals surface area contributed by atoms with Crippen molar-refractivity contribution in [1.29, 1.82) is 0 Å². The van der Waals surface area contributed by atoms with Gasteiger partial charge in [0, 0.05) is 23.3 Å². The van der Waals surface area contributed by atoms with Gasteiger partial charge in [0.25, 0.3) is 0 Å². The minimum atomic E-state index is 0.152. The van der Waals surface area contributed by atoms with Crippen LogP contribution in [0.5, 0.6) is 0 Å². The van der Waals surface area contributed by atoms with Crippen molar-refractivity contribution in [3.63, 3.8) is 0 Å². The molecule has 1 saturated carbocycles. The number of rotatable bonds is 4. The van der Waals surface area contributed by atoms with Crippen molar-refractivity contribution in [2.45, 2.75) is 43.0 Å². The molecule has 3 nitrogen and oxygen atoms in total. The third kappa shape index (κ3) is 4.38. The third-order valence-electron chi connectivity index (χ3n) is 2.99. The van der Waals surface area contributed by atoms with E-state index in [9.17, 15) is 4.79 Å². The van der Waals surface area contributed by atoms with Crippen molar-refractivity contribution in [3.05, 3.63) is 24.5 Å². The highest BCUT2D eigenvalue weighted by atomic mass is 32.2. The first-order valence-corrected chi connectivity index (χ1v) is 7.15. The Morgan fingerprint density at radius 2 is 2.00 bits per heavy atom. The highest BCUT2D eigenvalue weighted by Crippen LogP contribution is 2.19. The molecule has 92 valence electrons.